The molecule has 1 heterocycles. The first-order valence-electron chi connectivity index (χ1n) is 5.08. The Labute approximate surface area is 84.5 Å². The molecular weight excluding hydrogens is 182 g/mol. The number of ether oxygens (including phenoxy) is 1. The fourth-order valence-electron chi connectivity index (χ4n) is 1.82. The molecule has 1 rings (SSSR count). The van der Waals surface area contributed by atoms with Gasteiger partial charge in [-0.2, -0.15) is 0 Å². The lowest BCUT2D eigenvalue weighted by Crippen LogP contribution is -2.41. The van der Waals surface area contributed by atoms with Crippen molar-refractivity contribution in [2.24, 2.45) is 10.9 Å². The number of rotatable bonds is 5. The van der Waals surface area contributed by atoms with Crippen LogP contribution in [0.4, 0.5) is 0 Å². The molecular formula is C9H19N3O2. The zero-order valence-electron chi connectivity index (χ0n) is 8.65. The Morgan fingerprint density at radius 3 is 3.14 bits per heavy atom. The standard InChI is InChI=1S/C9H19N3O2/c1-2-14-7-6-12-5-3-4-8(12)9(10)11-13/h8,13H,2-7H2,1H3,(H2,10,11). The molecule has 0 saturated carbocycles. The Morgan fingerprint density at radius 1 is 1.71 bits per heavy atom. The van der Waals surface area contributed by atoms with Gasteiger partial charge in [0.15, 0.2) is 5.84 Å². The number of nitrogens with two attached hydrogens (primary N) is 1. The summed E-state index contributed by atoms with van der Waals surface area (Å²) in [6.07, 6.45) is 2.08. The first kappa shape index (κ1) is 11.3. The molecule has 1 unspecified atom stereocenters. The van der Waals surface area contributed by atoms with Crippen molar-refractivity contribution in [2.75, 3.05) is 26.3 Å². The van der Waals surface area contributed by atoms with Gasteiger partial charge in [0.2, 0.25) is 0 Å². The van der Waals surface area contributed by atoms with Crippen LogP contribution in [0.1, 0.15) is 19.8 Å². The van der Waals surface area contributed by atoms with Crippen molar-refractivity contribution in [1.82, 2.24) is 4.90 Å². The minimum Gasteiger partial charge on any atom is -0.409 e. The van der Waals surface area contributed by atoms with Gasteiger partial charge in [0, 0.05) is 13.2 Å². The summed E-state index contributed by atoms with van der Waals surface area (Å²) in [4.78, 5) is 2.20. The number of nitrogens with zero attached hydrogens (tertiary/aromatic N) is 2. The molecule has 0 bridgehead atoms. The van der Waals surface area contributed by atoms with E-state index in [0.29, 0.717) is 12.4 Å². The van der Waals surface area contributed by atoms with Crippen LogP contribution in [0.2, 0.25) is 0 Å². The zero-order valence-corrected chi connectivity index (χ0v) is 8.65. The highest BCUT2D eigenvalue weighted by atomic mass is 16.5. The van der Waals surface area contributed by atoms with Gasteiger partial charge in [0.25, 0.3) is 0 Å². The van der Waals surface area contributed by atoms with Gasteiger partial charge >= 0.3 is 0 Å². The van der Waals surface area contributed by atoms with Crippen LogP contribution < -0.4 is 5.73 Å². The maximum Gasteiger partial charge on any atom is 0.156 e. The molecule has 1 aliphatic heterocycles. The Kier molecular flexibility index (Phi) is 4.69. The second-order valence-electron chi connectivity index (χ2n) is 3.42. The minimum atomic E-state index is 0.0976. The largest absolute Gasteiger partial charge is 0.409 e. The topological polar surface area (TPSA) is 71.1 Å². The average Bonchev–Trinajstić information content (AvgIpc) is 2.65. The summed E-state index contributed by atoms with van der Waals surface area (Å²) in [7, 11) is 0. The third-order valence-corrected chi connectivity index (χ3v) is 2.55. The van der Waals surface area contributed by atoms with Gasteiger partial charge in [0.05, 0.1) is 12.6 Å². The van der Waals surface area contributed by atoms with Gasteiger partial charge in [0.1, 0.15) is 0 Å². The van der Waals surface area contributed by atoms with Crippen molar-refractivity contribution >= 4 is 5.84 Å². The number of oxime groups is 1. The quantitative estimate of drug-likeness (QED) is 0.220. The van der Waals surface area contributed by atoms with Gasteiger partial charge in [-0.05, 0) is 26.3 Å². The van der Waals surface area contributed by atoms with Crippen LogP contribution >= 0.6 is 0 Å². The van der Waals surface area contributed by atoms with E-state index in [4.69, 9.17) is 15.7 Å². The summed E-state index contributed by atoms with van der Waals surface area (Å²) in [6, 6.07) is 0.0976. The first-order valence-corrected chi connectivity index (χ1v) is 5.08. The average molecular weight is 201 g/mol. The van der Waals surface area contributed by atoms with Gasteiger partial charge in [-0.15, -0.1) is 0 Å². The van der Waals surface area contributed by atoms with E-state index < -0.39 is 0 Å². The maximum absolute atomic E-state index is 8.59. The predicted molar refractivity (Wildman–Crippen MR) is 54.5 cm³/mol. The van der Waals surface area contributed by atoms with Gasteiger partial charge in [-0.25, -0.2) is 0 Å². The Morgan fingerprint density at radius 2 is 2.50 bits per heavy atom. The molecule has 5 nitrogen and oxygen atoms in total. The summed E-state index contributed by atoms with van der Waals surface area (Å²) in [5.41, 5.74) is 5.59. The molecule has 1 fully saturated rings. The summed E-state index contributed by atoms with van der Waals surface area (Å²) in [5.74, 6) is 0.319. The molecule has 1 aliphatic rings. The number of likely N-dealkylation sites (tertiary alicyclic amines) is 1. The molecule has 0 aromatic heterocycles. The van der Waals surface area contributed by atoms with E-state index in [2.05, 4.69) is 10.1 Å². The summed E-state index contributed by atoms with van der Waals surface area (Å²) >= 11 is 0. The van der Waals surface area contributed by atoms with Crippen molar-refractivity contribution in [1.29, 1.82) is 0 Å². The summed E-state index contributed by atoms with van der Waals surface area (Å²) in [6.45, 7) is 5.29. The molecule has 1 atom stereocenters. The molecule has 0 aliphatic carbocycles. The highest BCUT2D eigenvalue weighted by Gasteiger charge is 2.27. The Hall–Kier alpha value is -0.810. The monoisotopic (exact) mass is 201 g/mol. The van der Waals surface area contributed by atoms with Gasteiger partial charge < -0.3 is 15.7 Å². The van der Waals surface area contributed by atoms with E-state index in [1.54, 1.807) is 0 Å². The van der Waals surface area contributed by atoms with Crippen molar-refractivity contribution in [3.8, 4) is 0 Å². The van der Waals surface area contributed by atoms with Crippen LogP contribution in [0.3, 0.4) is 0 Å². The molecule has 0 radical (unpaired) electrons. The number of hydrogen-bond acceptors (Lipinski definition) is 4. The molecule has 14 heavy (non-hydrogen) atoms. The van der Waals surface area contributed by atoms with Crippen molar-refractivity contribution in [2.45, 2.75) is 25.8 Å². The van der Waals surface area contributed by atoms with Crippen LogP contribution in [-0.2, 0) is 4.74 Å². The lowest BCUT2D eigenvalue weighted by Gasteiger charge is -2.22. The van der Waals surface area contributed by atoms with Crippen molar-refractivity contribution in [3.63, 3.8) is 0 Å². The van der Waals surface area contributed by atoms with E-state index in [1.165, 1.54) is 0 Å². The molecule has 1 saturated heterocycles. The van der Waals surface area contributed by atoms with Crippen LogP contribution in [0, 0.1) is 0 Å². The number of amidine groups is 1. The molecule has 0 amide bonds. The van der Waals surface area contributed by atoms with Crippen LogP contribution in [-0.4, -0.2) is 48.3 Å². The highest BCUT2D eigenvalue weighted by molar-refractivity contribution is 5.85. The normalized spacial score (nSPS) is 24.4. The lowest BCUT2D eigenvalue weighted by atomic mass is 10.2. The van der Waals surface area contributed by atoms with Crippen LogP contribution in [0.25, 0.3) is 0 Å². The SMILES string of the molecule is CCOCCN1CCCC1C(N)=NO. The minimum absolute atomic E-state index is 0.0976. The first-order chi connectivity index (χ1) is 6.79. The third-order valence-electron chi connectivity index (χ3n) is 2.55. The fourth-order valence-corrected chi connectivity index (χ4v) is 1.82. The van der Waals surface area contributed by atoms with Crippen LogP contribution in [0.15, 0.2) is 5.16 Å². The van der Waals surface area contributed by atoms with Crippen LogP contribution in [0.5, 0.6) is 0 Å². The molecule has 0 spiro atoms. The van der Waals surface area contributed by atoms with E-state index in [1.807, 2.05) is 6.92 Å². The third kappa shape index (κ3) is 2.85. The maximum atomic E-state index is 8.59. The molecule has 0 aromatic carbocycles. The predicted octanol–water partition coefficient (Wildman–Crippen LogP) is 0.234. The molecule has 5 heteroatoms. The smallest absolute Gasteiger partial charge is 0.156 e. The van der Waals surface area contributed by atoms with Crippen molar-refractivity contribution in [3.05, 3.63) is 0 Å². The molecule has 3 N–H and O–H groups in total. The molecule has 0 aromatic rings. The van der Waals surface area contributed by atoms with E-state index in [-0.39, 0.29) is 6.04 Å². The fraction of sp³-hybridized carbons (Fsp3) is 0.889. The van der Waals surface area contributed by atoms with E-state index >= 15 is 0 Å². The van der Waals surface area contributed by atoms with E-state index in [0.717, 1.165) is 32.5 Å². The lowest BCUT2D eigenvalue weighted by molar-refractivity contribution is 0.116. The van der Waals surface area contributed by atoms with Gasteiger partial charge in [-0.3, -0.25) is 4.90 Å². The van der Waals surface area contributed by atoms with Gasteiger partial charge in [-0.1, -0.05) is 5.16 Å². The number of hydrogen-bond donors (Lipinski definition) is 2. The summed E-state index contributed by atoms with van der Waals surface area (Å²) < 4.78 is 5.27. The van der Waals surface area contributed by atoms with E-state index in [9.17, 15) is 0 Å². The summed E-state index contributed by atoms with van der Waals surface area (Å²) in [5, 5.41) is 11.7. The van der Waals surface area contributed by atoms with Crippen molar-refractivity contribution < 1.29 is 9.94 Å². The zero-order chi connectivity index (χ0) is 10.4. The second-order valence-corrected chi connectivity index (χ2v) is 3.42. The highest BCUT2D eigenvalue weighted by Crippen LogP contribution is 2.16. The Balaban J connectivity index is 2.35. The second kappa shape index (κ2) is 5.82. The molecule has 82 valence electrons. The Bertz CT molecular complexity index is 196.